The van der Waals surface area contributed by atoms with Gasteiger partial charge in [-0.2, -0.15) is 0 Å². The molecular weight excluding hydrogens is 457 g/mol. The summed E-state index contributed by atoms with van der Waals surface area (Å²) in [5.41, 5.74) is 8.40. The number of rotatable bonds is 9. The number of halogens is 1. The molecule has 0 spiro atoms. The normalized spacial score (nSPS) is 16.5. The number of nitrogens with two attached hydrogens (primary N) is 1. The highest BCUT2D eigenvalue weighted by atomic mass is 127. The van der Waals surface area contributed by atoms with Crippen LogP contribution in [0, 0.1) is 6.92 Å². The molecule has 1 aromatic rings. The second-order valence-electron chi connectivity index (χ2n) is 6.78. The fourth-order valence-corrected chi connectivity index (χ4v) is 3.34. The predicted octanol–water partition coefficient (Wildman–Crippen LogP) is 3.00. The van der Waals surface area contributed by atoms with E-state index in [0.29, 0.717) is 12.5 Å². The van der Waals surface area contributed by atoms with Crippen molar-refractivity contribution in [2.45, 2.75) is 38.5 Å². The summed E-state index contributed by atoms with van der Waals surface area (Å²) in [5.74, 6) is 1.40. The highest BCUT2D eigenvalue weighted by molar-refractivity contribution is 14.0. The number of nitrogens with one attached hydrogen (secondary N) is 1. The molecule has 0 aliphatic carbocycles. The Labute approximate surface area is 180 Å². The van der Waals surface area contributed by atoms with Crippen molar-refractivity contribution in [2.24, 2.45) is 10.7 Å². The van der Waals surface area contributed by atoms with Crippen molar-refractivity contribution in [3.05, 3.63) is 29.3 Å². The maximum Gasteiger partial charge on any atom is 0.188 e. The summed E-state index contributed by atoms with van der Waals surface area (Å²) >= 11 is 0. The lowest BCUT2D eigenvalue weighted by atomic mass is 9.73. The van der Waals surface area contributed by atoms with Gasteiger partial charge in [0.2, 0.25) is 0 Å². The summed E-state index contributed by atoms with van der Waals surface area (Å²) in [4.78, 5) is 4.65. The van der Waals surface area contributed by atoms with Crippen LogP contribution in [0.1, 0.15) is 37.3 Å². The van der Waals surface area contributed by atoms with Crippen LogP contribution in [-0.4, -0.2) is 52.6 Å². The van der Waals surface area contributed by atoms with E-state index in [0.717, 1.165) is 58.0 Å². The first-order chi connectivity index (χ1) is 12.6. The molecule has 0 radical (unpaired) electrons. The van der Waals surface area contributed by atoms with Crippen LogP contribution in [0.15, 0.2) is 23.2 Å². The molecule has 1 fully saturated rings. The largest absolute Gasteiger partial charge is 0.496 e. The van der Waals surface area contributed by atoms with Crippen molar-refractivity contribution in [3.8, 4) is 5.75 Å². The zero-order chi connectivity index (χ0) is 18.8. The number of hydrogen-bond donors (Lipinski definition) is 2. The SMILES string of the molecule is CCOCCCNC(N)=NCC1(c2cc(C)ccc2OC)CCOCC1.I. The van der Waals surface area contributed by atoms with Gasteiger partial charge in [-0.3, -0.25) is 4.99 Å². The Balaban J connectivity index is 0.00000364. The van der Waals surface area contributed by atoms with Gasteiger partial charge in [0.25, 0.3) is 0 Å². The van der Waals surface area contributed by atoms with E-state index in [9.17, 15) is 0 Å². The molecule has 0 aromatic heterocycles. The van der Waals surface area contributed by atoms with Crippen LogP contribution in [-0.2, 0) is 14.9 Å². The van der Waals surface area contributed by atoms with Crippen LogP contribution in [0.25, 0.3) is 0 Å². The summed E-state index contributed by atoms with van der Waals surface area (Å²) in [5, 5.41) is 3.18. The third-order valence-electron chi connectivity index (χ3n) is 4.90. The van der Waals surface area contributed by atoms with Crippen LogP contribution in [0.5, 0.6) is 5.75 Å². The molecule has 1 heterocycles. The first-order valence-corrected chi connectivity index (χ1v) is 9.45. The lowest BCUT2D eigenvalue weighted by Gasteiger charge is -2.37. The maximum absolute atomic E-state index is 6.08. The Morgan fingerprint density at radius 1 is 1.33 bits per heavy atom. The number of benzene rings is 1. The minimum atomic E-state index is -0.104. The van der Waals surface area contributed by atoms with Gasteiger partial charge in [-0.05, 0) is 39.2 Å². The van der Waals surface area contributed by atoms with E-state index >= 15 is 0 Å². The molecule has 154 valence electrons. The highest BCUT2D eigenvalue weighted by Gasteiger charge is 2.37. The first kappa shape index (κ1) is 24.0. The first-order valence-electron chi connectivity index (χ1n) is 9.45. The van der Waals surface area contributed by atoms with Gasteiger partial charge in [0.1, 0.15) is 5.75 Å². The van der Waals surface area contributed by atoms with Gasteiger partial charge in [-0.1, -0.05) is 17.7 Å². The van der Waals surface area contributed by atoms with Crippen LogP contribution in [0.2, 0.25) is 0 Å². The minimum Gasteiger partial charge on any atom is -0.496 e. The van der Waals surface area contributed by atoms with Crippen LogP contribution in [0.4, 0.5) is 0 Å². The smallest absolute Gasteiger partial charge is 0.188 e. The molecule has 0 saturated carbocycles. The van der Waals surface area contributed by atoms with Crippen molar-refractivity contribution < 1.29 is 14.2 Å². The third kappa shape index (κ3) is 7.12. The lowest BCUT2D eigenvalue weighted by molar-refractivity contribution is 0.0522. The van der Waals surface area contributed by atoms with E-state index in [4.69, 9.17) is 19.9 Å². The average Bonchev–Trinajstić information content (AvgIpc) is 2.67. The van der Waals surface area contributed by atoms with E-state index in [-0.39, 0.29) is 29.4 Å². The molecule has 0 unspecified atom stereocenters. The van der Waals surface area contributed by atoms with Crippen molar-refractivity contribution >= 4 is 29.9 Å². The van der Waals surface area contributed by atoms with E-state index in [1.807, 2.05) is 13.0 Å². The maximum atomic E-state index is 6.08. The number of aryl methyl sites for hydroxylation is 1. The van der Waals surface area contributed by atoms with E-state index in [1.165, 1.54) is 11.1 Å². The highest BCUT2D eigenvalue weighted by Crippen LogP contribution is 2.40. The van der Waals surface area contributed by atoms with Crippen molar-refractivity contribution in [3.63, 3.8) is 0 Å². The molecule has 7 heteroatoms. The molecule has 1 aromatic carbocycles. The summed E-state index contributed by atoms with van der Waals surface area (Å²) in [6.07, 6.45) is 2.73. The Hall–Kier alpha value is -1.06. The molecule has 0 bridgehead atoms. The minimum absolute atomic E-state index is 0. The molecule has 1 aliphatic rings. The second kappa shape index (κ2) is 12.4. The van der Waals surface area contributed by atoms with Gasteiger partial charge >= 0.3 is 0 Å². The number of ether oxygens (including phenoxy) is 3. The molecule has 2 rings (SSSR count). The molecule has 6 nitrogen and oxygen atoms in total. The predicted molar refractivity (Wildman–Crippen MR) is 120 cm³/mol. The zero-order valence-electron chi connectivity index (χ0n) is 16.8. The monoisotopic (exact) mass is 491 g/mol. The Kier molecular flexibility index (Phi) is 11.0. The molecule has 0 atom stereocenters. The molecule has 3 N–H and O–H groups in total. The fourth-order valence-electron chi connectivity index (χ4n) is 3.34. The topological polar surface area (TPSA) is 78.1 Å². The lowest BCUT2D eigenvalue weighted by Crippen LogP contribution is -2.39. The average molecular weight is 491 g/mol. The van der Waals surface area contributed by atoms with Gasteiger partial charge in [-0.25, -0.2) is 0 Å². The van der Waals surface area contributed by atoms with Gasteiger partial charge in [-0.15, -0.1) is 24.0 Å². The Morgan fingerprint density at radius 2 is 2.07 bits per heavy atom. The second-order valence-corrected chi connectivity index (χ2v) is 6.78. The molecule has 1 saturated heterocycles. The van der Waals surface area contributed by atoms with Crippen LogP contribution >= 0.6 is 24.0 Å². The molecule has 0 amide bonds. The van der Waals surface area contributed by atoms with E-state index in [1.54, 1.807) is 7.11 Å². The Bertz CT molecular complexity index is 590. The van der Waals surface area contributed by atoms with Gasteiger partial charge in [0.05, 0.1) is 13.7 Å². The third-order valence-corrected chi connectivity index (χ3v) is 4.90. The molecule has 1 aliphatic heterocycles. The molecule has 27 heavy (non-hydrogen) atoms. The van der Waals surface area contributed by atoms with E-state index in [2.05, 4.69) is 29.4 Å². The zero-order valence-corrected chi connectivity index (χ0v) is 19.1. The van der Waals surface area contributed by atoms with Crippen molar-refractivity contribution in [1.82, 2.24) is 5.32 Å². The number of methoxy groups -OCH3 is 1. The fraction of sp³-hybridized carbons (Fsp3) is 0.650. The van der Waals surface area contributed by atoms with Crippen LogP contribution in [0.3, 0.4) is 0 Å². The summed E-state index contributed by atoms with van der Waals surface area (Å²) in [6, 6.07) is 6.33. The molecular formula is C20H34IN3O3. The van der Waals surface area contributed by atoms with E-state index < -0.39 is 0 Å². The number of guanidine groups is 1. The number of nitrogens with zero attached hydrogens (tertiary/aromatic N) is 1. The Morgan fingerprint density at radius 3 is 2.74 bits per heavy atom. The van der Waals surface area contributed by atoms with Gasteiger partial charge in [0.15, 0.2) is 5.96 Å². The number of aliphatic imine (C=N–C) groups is 1. The van der Waals surface area contributed by atoms with Gasteiger partial charge < -0.3 is 25.3 Å². The summed E-state index contributed by atoms with van der Waals surface area (Å²) in [7, 11) is 1.72. The van der Waals surface area contributed by atoms with Gasteiger partial charge in [0, 0.05) is 44.0 Å². The van der Waals surface area contributed by atoms with Crippen LogP contribution < -0.4 is 15.8 Å². The summed E-state index contributed by atoms with van der Waals surface area (Å²) < 4.78 is 16.6. The number of hydrogen-bond acceptors (Lipinski definition) is 4. The quantitative estimate of drug-likeness (QED) is 0.240. The summed E-state index contributed by atoms with van der Waals surface area (Å²) in [6.45, 7) is 8.43. The standard InChI is InChI=1S/C20H33N3O3.HI/c1-4-25-11-5-10-22-19(21)23-15-20(8-12-26-13-9-20)17-14-16(2)6-7-18(17)24-3;/h6-7,14H,4-5,8-13,15H2,1-3H3,(H3,21,22,23);1H. The van der Waals surface area contributed by atoms with Crippen molar-refractivity contribution in [2.75, 3.05) is 46.6 Å². The van der Waals surface area contributed by atoms with Crippen molar-refractivity contribution in [1.29, 1.82) is 0 Å².